The predicted octanol–water partition coefficient (Wildman–Crippen LogP) is 0.539. The summed E-state index contributed by atoms with van der Waals surface area (Å²) in [7, 11) is -2.32. The van der Waals surface area contributed by atoms with E-state index in [2.05, 4.69) is 10.4 Å². The molecule has 0 spiro atoms. The molecule has 0 aliphatic carbocycles. The van der Waals surface area contributed by atoms with Crippen LogP contribution in [0.4, 0.5) is 5.82 Å². The van der Waals surface area contributed by atoms with Crippen molar-refractivity contribution in [2.75, 3.05) is 16.8 Å². The fourth-order valence-corrected chi connectivity index (χ4v) is 4.02. The number of sulfonamides is 1. The van der Waals surface area contributed by atoms with Gasteiger partial charge in [-0.15, -0.1) is 0 Å². The first-order valence-corrected chi connectivity index (χ1v) is 9.00. The number of amides is 1. The van der Waals surface area contributed by atoms with Gasteiger partial charge in [0.25, 0.3) is 0 Å². The zero-order valence-electron chi connectivity index (χ0n) is 11.2. The van der Waals surface area contributed by atoms with E-state index in [4.69, 9.17) is 5.14 Å². The third-order valence-corrected chi connectivity index (χ3v) is 5.14. The molecule has 1 aliphatic rings. The van der Waals surface area contributed by atoms with E-state index in [1.54, 1.807) is 7.05 Å². The average molecular weight is 318 g/mol. The maximum absolute atomic E-state index is 12.0. The number of anilines is 1. The largest absolute Gasteiger partial charge is 0.308 e. The van der Waals surface area contributed by atoms with Crippen LogP contribution in [-0.4, -0.2) is 35.6 Å². The van der Waals surface area contributed by atoms with Gasteiger partial charge in [0.05, 0.1) is 0 Å². The molecule has 1 aliphatic heterocycles. The van der Waals surface area contributed by atoms with Gasteiger partial charge in [-0.1, -0.05) is 0 Å². The molecule has 7 nitrogen and oxygen atoms in total. The lowest BCUT2D eigenvalue weighted by Gasteiger charge is -2.20. The van der Waals surface area contributed by atoms with E-state index in [1.165, 1.54) is 10.9 Å². The Balaban J connectivity index is 2.04. The molecule has 1 fully saturated rings. The minimum absolute atomic E-state index is 0.00480. The standard InChI is InChI=1S/C11H18N4O3S2/c1-15-7-9(20(12,17)18)11(14-15)13-10(16)6-8-2-4-19-5-3-8/h7-8H,2-6H2,1H3,(H2,12,17,18)(H,13,14,16). The summed E-state index contributed by atoms with van der Waals surface area (Å²) in [6.07, 6.45) is 3.70. The minimum Gasteiger partial charge on any atom is -0.308 e. The van der Waals surface area contributed by atoms with Crippen molar-refractivity contribution >= 4 is 33.5 Å². The summed E-state index contributed by atoms with van der Waals surface area (Å²) < 4.78 is 24.1. The Labute approximate surface area is 122 Å². The third-order valence-electron chi connectivity index (χ3n) is 3.17. The highest BCUT2D eigenvalue weighted by Crippen LogP contribution is 2.26. The first kappa shape index (κ1) is 15.3. The van der Waals surface area contributed by atoms with E-state index in [0.717, 1.165) is 24.3 Å². The number of hydrogen-bond acceptors (Lipinski definition) is 5. The van der Waals surface area contributed by atoms with E-state index in [0.29, 0.717) is 12.3 Å². The summed E-state index contributed by atoms with van der Waals surface area (Å²) in [6.45, 7) is 0. The third kappa shape index (κ3) is 3.97. The molecular formula is C11H18N4O3S2. The number of carbonyl (C=O) groups is 1. The monoisotopic (exact) mass is 318 g/mol. The number of nitrogens with zero attached hydrogens (tertiary/aromatic N) is 2. The molecular weight excluding hydrogens is 300 g/mol. The first-order chi connectivity index (χ1) is 9.36. The smallest absolute Gasteiger partial charge is 0.243 e. The molecule has 1 saturated heterocycles. The van der Waals surface area contributed by atoms with Gasteiger partial charge >= 0.3 is 0 Å². The van der Waals surface area contributed by atoms with Crippen LogP contribution in [0.5, 0.6) is 0 Å². The van der Waals surface area contributed by atoms with Gasteiger partial charge in [0.15, 0.2) is 5.82 Å². The van der Waals surface area contributed by atoms with Gasteiger partial charge in [0.1, 0.15) is 4.90 Å². The van der Waals surface area contributed by atoms with E-state index < -0.39 is 10.0 Å². The van der Waals surface area contributed by atoms with Crippen LogP contribution in [0.3, 0.4) is 0 Å². The molecule has 9 heteroatoms. The lowest BCUT2D eigenvalue weighted by molar-refractivity contribution is -0.117. The molecule has 0 unspecified atom stereocenters. The van der Waals surface area contributed by atoms with Gasteiger partial charge in [0.2, 0.25) is 15.9 Å². The molecule has 112 valence electrons. The number of aromatic nitrogens is 2. The highest BCUT2D eigenvalue weighted by Gasteiger charge is 2.22. The molecule has 0 aromatic carbocycles. The van der Waals surface area contributed by atoms with Crippen LogP contribution < -0.4 is 10.5 Å². The molecule has 2 heterocycles. The predicted molar refractivity (Wildman–Crippen MR) is 77.9 cm³/mol. The van der Waals surface area contributed by atoms with E-state index in [1.807, 2.05) is 11.8 Å². The van der Waals surface area contributed by atoms with Crippen LogP contribution in [0.1, 0.15) is 19.3 Å². The molecule has 3 N–H and O–H groups in total. The molecule has 2 rings (SSSR count). The van der Waals surface area contributed by atoms with Crippen LogP contribution in [0.2, 0.25) is 0 Å². The molecule has 1 amide bonds. The summed E-state index contributed by atoms with van der Waals surface area (Å²) in [5.41, 5.74) is 0. The molecule has 0 radical (unpaired) electrons. The summed E-state index contributed by atoms with van der Waals surface area (Å²) in [5.74, 6) is 2.29. The minimum atomic E-state index is -3.89. The van der Waals surface area contributed by atoms with E-state index in [-0.39, 0.29) is 16.6 Å². The molecule has 1 aromatic heterocycles. The Morgan fingerprint density at radius 1 is 1.55 bits per heavy atom. The molecule has 1 aromatic rings. The quantitative estimate of drug-likeness (QED) is 0.842. The zero-order valence-corrected chi connectivity index (χ0v) is 12.8. The SMILES string of the molecule is Cn1cc(S(N)(=O)=O)c(NC(=O)CC2CCSCC2)n1. The summed E-state index contributed by atoms with van der Waals surface area (Å²) >= 11 is 1.90. The van der Waals surface area contributed by atoms with Crippen molar-refractivity contribution in [2.45, 2.75) is 24.2 Å². The maximum atomic E-state index is 12.0. The zero-order chi connectivity index (χ0) is 14.8. The molecule has 0 saturated carbocycles. The van der Waals surface area contributed by atoms with E-state index >= 15 is 0 Å². The highest BCUT2D eigenvalue weighted by atomic mass is 32.2. The Bertz CT molecular complexity index is 591. The van der Waals surface area contributed by atoms with Crippen molar-refractivity contribution in [3.05, 3.63) is 6.20 Å². The van der Waals surface area contributed by atoms with Crippen LogP contribution in [0.15, 0.2) is 11.1 Å². The number of thioether (sulfide) groups is 1. The lowest BCUT2D eigenvalue weighted by atomic mass is 9.98. The number of nitrogens with two attached hydrogens (primary N) is 1. The second-order valence-electron chi connectivity index (χ2n) is 4.87. The van der Waals surface area contributed by atoms with Crippen LogP contribution >= 0.6 is 11.8 Å². The first-order valence-electron chi connectivity index (χ1n) is 6.30. The van der Waals surface area contributed by atoms with Gasteiger partial charge in [0, 0.05) is 19.7 Å². The van der Waals surface area contributed by atoms with Crippen LogP contribution in [-0.2, 0) is 21.9 Å². The molecule has 0 atom stereocenters. The summed E-state index contributed by atoms with van der Waals surface area (Å²) in [4.78, 5) is 11.8. The topological polar surface area (TPSA) is 107 Å². The molecule has 20 heavy (non-hydrogen) atoms. The number of aryl methyl sites for hydroxylation is 1. The average Bonchev–Trinajstić information content (AvgIpc) is 2.71. The fraction of sp³-hybridized carbons (Fsp3) is 0.636. The van der Waals surface area contributed by atoms with Gasteiger partial charge in [-0.05, 0) is 30.3 Å². The number of rotatable bonds is 4. The second kappa shape index (κ2) is 6.15. The van der Waals surface area contributed by atoms with Gasteiger partial charge < -0.3 is 5.32 Å². The van der Waals surface area contributed by atoms with Crippen molar-refractivity contribution < 1.29 is 13.2 Å². The van der Waals surface area contributed by atoms with Crippen LogP contribution in [0.25, 0.3) is 0 Å². The molecule has 0 bridgehead atoms. The number of hydrogen-bond donors (Lipinski definition) is 2. The summed E-state index contributed by atoms with van der Waals surface area (Å²) in [5, 5.41) is 11.6. The van der Waals surface area contributed by atoms with Gasteiger partial charge in [-0.25, -0.2) is 13.6 Å². The lowest BCUT2D eigenvalue weighted by Crippen LogP contribution is -2.21. The van der Waals surface area contributed by atoms with Crippen LogP contribution in [0, 0.1) is 5.92 Å². The Kier molecular flexibility index (Phi) is 4.71. The number of primary sulfonamides is 1. The number of carbonyl (C=O) groups excluding carboxylic acids is 1. The van der Waals surface area contributed by atoms with Gasteiger partial charge in [-0.3, -0.25) is 9.48 Å². The summed E-state index contributed by atoms with van der Waals surface area (Å²) in [6, 6.07) is 0. The number of nitrogens with one attached hydrogen (secondary N) is 1. The van der Waals surface area contributed by atoms with Crippen molar-refractivity contribution in [1.29, 1.82) is 0 Å². The maximum Gasteiger partial charge on any atom is 0.243 e. The van der Waals surface area contributed by atoms with Gasteiger partial charge in [-0.2, -0.15) is 16.9 Å². The van der Waals surface area contributed by atoms with E-state index in [9.17, 15) is 13.2 Å². The fourth-order valence-electron chi connectivity index (χ4n) is 2.16. The van der Waals surface area contributed by atoms with Crippen molar-refractivity contribution in [3.8, 4) is 0 Å². The Morgan fingerprint density at radius 3 is 2.80 bits per heavy atom. The Hall–Kier alpha value is -1.06. The second-order valence-corrected chi connectivity index (χ2v) is 7.62. The van der Waals surface area contributed by atoms with Crippen molar-refractivity contribution in [2.24, 2.45) is 18.1 Å². The van der Waals surface area contributed by atoms with Crippen molar-refractivity contribution in [3.63, 3.8) is 0 Å². The Morgan fingerprint density at radius 2 is 2.20 bits per heavy atom. The highest BCUT2D eigenvalue weighted by molar-refractivity contribution is 7.99. The van der Waals surface area contributed by atoms with Crippen molar-refractivity contribution in [1.82, 2.24) is 9.78 Å². The normalized spacial score (nSPS) is 17.1.